The van der Waals surface area contributed by atoms with Crippen molar-refractivity contribution in [2.24, 2.45) is 5.92 Å². The molecule has 1 N–H and O–H groups in total. The Bertz CT molecular complexity index is 171. The van der Waals surface area contributed by atoms with Crippen molar-refractivity contribution in [2.45, 2.75) is 32.1 Å². The summed E-state index contributed by atoms with van der Waals surface area (Å²) >= 11 is 0. The standard InChI is InChI=1S/C11H20N2O/c12-6-1-2-8-14-9-5-11-4-3-7-13-10-11/h11,13H,1-5,7-10H2. The lowest BCUT2D eigenvalue weighted by Gasteiger charge is -2.22. The highest BCUT2D eigenvalue weighted by atomic mass is 16.5. The van der Waals surface area contributed by atoms with Gasteiger partial charge in [0.2, 0.25) is 0 Å². The van der Waals surface area contributed by atoms with Crippen LogP contribution < -0.4 is 5.32 Å². The van der Waals surface area contributed by atoms with E-state index in [-0.39, 0.29) is 0 Å². The van der Waals surface area contributed by atoms with Crippen molar-refractivity contribution in [3.05, 3.63) is 0 Å². The molecule has 0 aromatic carbocycles. The molecule has 0 amide bonds. The van der Waals surface area contributed by atoms with E-state index in [2.05, 4.69) is 11.4 Å². The van der Waals surface area contributed by atoms with Gasteiger partial charge in [0, 0.05) is 19.6 Å². The van der Waals surface area contributed by atoms with Gasteiger partial charge in [0.15, 0.2) is 0 Å². The van der Waals surface area contributed by atoms with Crippen LogP contribution in [0.25, 0.3) is 0 Å². The number of hydrogen-bond acceptors (Lipinski definition) is 3. The van der Waals surface area contributed by atoms with Crippen LogP contribution in [0, 0.1) is 17.2 Å². The molecular formula is C11H20N2O. The molecule has 0 radical (unpaired) electrons. The van der Waals surface area contributed by atoms with Crippen LogP contribution in [0.3, 0.4) is 0 Å². The van der Waals surface area contributed by atoms with E-state index in [9.17, 15) is 0 Å². The molecule has 0 aromatic heterocycles. The van der Waals surface area contributed by atoms with E-state index >= 15 is 0 Å². The number of piperidine rings is 1. The van der Waals surface area contributed by atoms with Crippen molar-refractivity contribution in [3.63, 3.8) is 0 Å². The minimum absolute atomic E-state index is 0.616. The molecule has 3 heteroatoms. The molecule has 80 valence electrons. The highest BCUT2D eigenvalue weighted by Gasteiger charge is 2.11. The highest BCUT2D eigenvalue weighted by molar-refractivity contribution is 4.69. The fraction of sp³-hybridized carbons (Fsp3) is 0.909. The van der Waals surface area contributed by atoms with Gasteiger partial charge in [-0.3, -0.25) is 0 Å². The number of nitriles is 1. The van der Waals surface area contributed by atoms with E-state index in [0.29, 0.717) is 6.42 Å². The second-order valence-corrected chi connectivity index (χ2v) is 3.88. The first-order valence-electron chi connectivity index (χ1n) is 5.59. The number of ether oxygens (including phenoxy) is 1. The third-order valence-electron chi connectivity index (χ3n) is 2.65. The van der Waals surface area contributed by atoms with Crippen LogP contribution in [-0.4, -0.2) is 26.3 Å². The minimum Gasteiger partial charge on any atom is -0.381 e. The fourth-order valence-corrected chi connectivity index (χ4v) is 1.78. The van der Waals surface area contributed by atoms with E-state index in [1.807, 2.05) is 0 Å². The Hall–Kier alpha value is -0.590. The van der Waals surface area contributed by atoms with Crippen LogP contribution in [0.5, 0.6) is 0 Å². The highest BCUT2D eigenvalue weighted by Crippen LogP contribution is 2.13. The molecule has 1 fully saturated rings. The molecule has 3 nitrogen and oxygen atoms in total. The number of unbranched alkanes of at least 4 members (excludes halogenated alkanes) is 1. The summed E-state index contributed by atoms with van der Waals surface area (Å²) < 4.78 is 5.46. The van der Waals surface area contributed by atoms with Crippen molar-refractivity contribution in [3.8, 4) is 6.07 Å². The van der Waals surface area contributed by atoms with Gasteiger partial charge in [-0.1, -0.05) is 0 Å². The van der Waals surface area contributed by atoms with E-state index in [4.69, 9.17) is 10.00 Å². The molecule has 0 aromatic rings. The predicted octanol–water partition coefficient (Wildman–Crippen LogP) is 1.70. The Morgan fingerprint density at radius 1 is 1.43 bits per heavy atom. The molecule has 1 atom stereocenters. The molecule has 1 aliphatic rings. The summed E-state index contributed by atoms with van der Waals surface area (Å²) in [5.74, 6) is 0.805. The topological polar surface area (TPSA) is 45.0 Å². The first-order valence-corrected chi connectivity index (χ1v) is 5.59. The number of rotatable bonds is 6. The maximum Gasteiger partial charge on any atom is 0.0622 e. The normalized spacial score (nSPS) is 21.8. The van der Waals surface area contributed by atoms with Crippen LogP contribution in [0.15, 0.2) is 0 Å². The molecule has 1 unspecified atom stereocenters. The number of hydrogen-bond donors (Lipinski definition) is 1. The van der Waals surface area contributed by atoms with Crippen LogP contribution in [0.2, 0.25) is 0 Å². The van der Waals surface area contributed by atoms with Gasteiger partial charge >= 0.3 is 0 Å². The molecule has 0 bridgehead atoms. The molecule has 1 saturated heterocycles. The third-order valence-corrected chi connectivity index (χ3v) is 2.65. The Labute approximate surface area is 86.4 Å². The Balaban J connectivity index is 1.85. The van der Waals surface area contributed by atoms with Crippen LogP contribution >= 0.6 is 0 Å². The van der Waals surface area contributed by atoms with Crippen LogP contribution in [0.1, 0.15) is 32.1 Å². The summed E-state index contributed by atoms with van der Waals surface area (Å²) in [4.78, 5) is 0. The predicted molar refractivity (Wildman–Crippen MR) is 55.9 cm³/mol. The molecule has 1 aliphatic heterocycles. The Morgan fingerprint density at radius 3 is 3.07 bits per heavy atom. The van der Waals surface area contributed by atoms with Crippen molar-refractivity contribution in [2.75, 3.05) is 26.3 Å². The van der Waals surface area contributed by atoms with Gasteiger partial charge < -0.3 is 10.1 Å². The lowest BCUT2D eigenvalue weighted by atomic mass is 9.97. The summed E-state index contributed by atoms with van der Waals surface area (Å²) in [5.41, 5.74) is 0. The molecular weight excluding hydrogens is 176 g/mol. The van der Waals surface area contributed by atoms with Crippen LogP contribution in [0.4, 0.5) is 0 Å². The Kier molecular flexibility index (Phi) is 6.38. The van der Waals surface area contributed by atoms with Gasteiger partial charge in [0.25, 0.3) is 0 Å². The molecule has 1 heterocycles. The summed E-state index contributed by atoms with van der Waals surface area (Å²) in [6, 6.07) is 2.12. The average Bonchev–Trinajstić information content (AvgIpc) is 2.25. The van der Waals surface area contributed by atoms with Crippen molar-refractivity contribution >= 4 is 0 Å². The van der Waals surface area contributed by atoms with Gasteiger partial charge in [0.1, 0.15) is 0 Å². The van der Waals surface area contributed by atoms with E-state index in [1.54, 1.807) is 0 Å². The monoisotopic (exact) mass is 196 g/mol. The maximum absolute atomic E-state index is 8.31. The van der Waals surface area contributed by atoms with Gasteiger partial charge in [0.05, 0.1) is 6.07 Å². The third kappa shape index (κ3) is 5.21. The van der Waals surface area contributed by atoms with E-state index in [0.717, 1.165) is 32.1 Å². The first-order chi connectivity index (χ1) is 6.93. The molecule has 0 aliphatic carbocycles. The van der Waals surface area contributed by atoms with Crippen molar-refractivity contribution in [1.82, 2.24) is 5.32 Å². The number of nitrogens with zero attached hydrogens (tertiary/aromatic N) is 1. The SMILES string of the molecule is N#CCCCOCCC1CCCNC1. The Morgan fingerprint density at radius 2 is 2.36 bits per heavy atom. The summed E-state index contributed by atoms with van der Waals surface area (Å²) in [6.07, 6.45) is 5.30. The summed E-state index contributed by atoms with van der Waals surface area (Å²) in [5, 5.41) is 11.7. The zero-order chi connectivity index (χ0) is 10.1. The molecule has 14 heavy (non-hydrogen) atoms. The quantitative estimate of drug-likeness (QED) is 0.658. The minimum atomic E-state index is 0.616. The lowest BCUT2D eigenvalue weighted by molar-refractivity contribution is 0.114. The van der Waals surface area contributed by atoms with Crippen LogP contribution in [-0.2, 0) is 4.74 Å². The summed E-state index contributed by atoms with van der Waals surface area (Å²) in [6.45, 7) is 3.94. The van der Waals surface area contributed by atoms with Gasteiger partial charge in [-0.15, -0.1) is 0 Å². The van der Waals surface area contributed by atoms with Crippen molar-refractivity contribution in [1.29, 1.82) is 5.26 Å². The zero-order valence-corrected chi connectivity index (χ0v) is 8.80. The van der Waals surface area contributed by atoms with E-state index in [1.165, 1.54) is 25.8 Å². The number of nitrogens with one attached hydrogen (secondary N) is 1. The van der Waals surface area contributed by atoms with Gasteiger partial charge in [-0.2, -0.15) is 5.26 Å². The van der Waals surface area contributed by atoms with Gasteiger partial charge in [-0.05, 0) is 44.7 Å². The van der Waals surface area contributed by atoms with Crippen molar-refractivity contribution < 1.29 is 4.74 Å². The fourth-order valence-electron chi connectivity index (χ4n) is 1.78. The molecule has 1 rings (SSSR count). The second kappa shape index (κ2) is 7.78. The van der Waals surface area contributed by atoms with E-state index < -0.39 is 0 Å². The molecule has 0 saturated carbocycles. The first kappa shape index (κ1) is 11.5. The largest absolute Gasteiger partial charge is 0.381 e. The smallest absolute Gasteiger partial charge is 0.0622 e. The van der Waals surface area contributed by atoms with Gasteiger partial charge in [-0.25, -0.2) is 0 Å². The maximum atomic E-state index is 8.31. The zero-order valence-electron chi connectivity index (χ0n) is 8.80. The lowest BCUT2D eigenvalue weighted by Crippen LogP contribution is -2.30. The second-order valence-electron chi connectivity index (χ2n) is 3.88. The average molecular weight is 196 g/mol. The molecule has 0 spiro atoms. The summed E-state index contributed by atoms with van der Waals surface area (Å²) in [7, 11) is 0.